The molecule has 1 rings (SSSR count). The first-order valence-corrected chi connectivity index (χ1v) is 5.76. The molecule has 5 heteroatoms. The van der Waals surface area contributed by atoms with Crippen LogP contribution >= 0.6 is 0 Å². The first kappa shape index (κ1) is 13.4. The lowest BCUT2D eigenvalue weighted by Crippen LogP contribution is -2.31. The number of hydrogen-bond acceptors (Lipinski definition) is 4. The summed E-state index contributed by atoms with van der Waals surface area (Å²) in [5.41, 5.74) is 3.01. The fourth-order valence-electron chi connectivity index (χ4n) is 1.51. The molecule has 0 fully saturated rings. The summed E-state index contributed by atoms with van der Waals surface area (Å²) >= 11 is 0. The average molecular weight is 236 g/mol. The van der Waals surface area contributed by atoms with Crippen molar-refractivity contribution in [2.45, 2.75) is 20.3 Å². The summed E-state index contributed by atoms with van der Waals surface area (Å²) in [6, 6.07) is 3.40. The molecule has 0 saturated carbocycles. The number of carbonyl (C=O) groups excluding carboxylic acids is 1. The Bertz CT molecular complexity index is 363. The summed E-state index contributed by atoms with van der Waals surface area (Å²) in [4.78, 5) is 17.8. The Morgan fingerprint density at radius 3 is 2.76 bits per heavy atom. The molecule has 0 bridgehead atoms. The van der Waals surface area contributed by atoms with Gasteiger partial charge in [-0.1, -0.05) is 20.3 Å². The standard InChI is InChI=1S/C12H20N4O/c1-4-9(2)8-16(3)12(17)10-5-6-11(15-13)14-7-10/h5-7,9H,4,8,13H2,1-3H3,(H,14,15). The summed E-state index contributed by atoms with van der Waals surface area (Å²) in [6.07, 6.45) is 2.59. The van der Waals surface area contributed by atoms with E-state index in [1.165, 1.54) is 6.20 Å². The molecule has 0 saturated heterocycles. The summed E-state index contributed by atoms with van der Waals surface area (Å²) in [6.45, 7) is 5.00. The Morgan fingerprint density at radius 1 is 1.59 bits per heavy atom. The third-order valence-corrected chi connectivity index (χ3v) is 2.79. The van der Waals surface area contributed by atoms with Gasteiger partial charge < -0.3 is 10.3 Å². The van der Waals surface area contributed by atoms with E-state index in [4.69, 9.17) is 5.84 Å². The van der Waals surface area contributed by atoms with E-state index in [2.05, 4.69) is 24.3 Å². The molecule has 3 N–H and O–H groups in total. The van der Waals surface area contributed by atoms with Gasteiger partial charge in [0.15, 0.2) is 0 Å². The Labute approximate surface area is 102 Å². The van der Waals surface area contributed by atoms with Crippen LogP contribution in [0.1, 0.15) is 30.6 Å². The average Bonchev–Trinajstić information content (AvgIpc) is 2.37. The van der Waals surface area contributed by atoms with E-state index >= 15 is 0 Å². The lowest BCUT2D eigenvalue weighted by atomic mass is 10.1. The van der Waals surface area contributed by atoms with Crippen molar-refractivity contribution in [1.29, 1.82) is 0 Å². The van der Waals surface area contributed by atoms with Gasteiger partial charge in [0.25, 0.3) is 5.91 Å². The molecule has 0 aliphatic rings. The van der Waals surface area contributed by atoms with Crippen molar-refractivity contribution in [3.8, 4) is 0 Å². The van der Waals surface area contributed by atoms with Crippen molar-refractivity contribution in [3.05, 3.63) is 23.9 Å². The fourth-order valence-corrected chi connectivity index (χ4v) is 1.51. The van der Waals surface area contributed by atoms with Gasteiger partial charge in [0.1, 0.15) is 5.82 Å². The molecule has 1 atom stereocenters. The van der Waals surface area contributed by atoms with Crippen molar-refractivity contribution >= 4 is 11.7 Å². The molecule has 0 aromatic carbocycles. The van der Waals surface area contributed by atoms with Crippen LogP contribution < -0.4 is 11.3 Å². The first-order valence-electron chi connectivity index (χ1n) is 5.76. The number of anilines is 1. The van der Waals surface area contributed by atoms with Crippen LogP contribution in [0.2, 0.25) is 0 Å². The molecular weight excluding hydrogens is 216 g/mol. The van der Waals surface area contributed by atoms with Crippen LogP contribution in [0.4, 0.5) is 5.82 Å². The van der Waals surface area contributed by atoms with E-state index < -0.39 is 0 Å². The number of nitrogens with one attached hydrogen (secondary N) is 1. The van der Waals surface area contributed by atoms with E-state index in [1.54, 1.807) is 17.0 Å². The van der Waals surface area contributed by atoms with Crippen LogP contribution in [0.15, 0.2) is 18.3 Å². The third-order valence-electron chi connectivity index (χ3n) is 2.79. The largest absolute Gasteiger partial charge is 0.341 e. The number of hydrazine groups is 1. The van der Waals surface area contributed by atoms with Crippen LogP contribution in [0.5, 0.6) is 0 Å². The monoisotopic (exact) mass is 236 g/mol. The number of nitrogens with two attached hydrogens (primary N) is 1. The summed E-state index contributed by atoms with van der Waals surface area (Å²) in [5, 5.41) is 0. The van der Waals surface area contributed by atoms with E-state index in [-0.39, 0.29) is 5.91 Å². The van der Waals surface area contributed by atoms with Gasteiger partial charge in [0.2, 0.25) is 0 Å². The Morgan fingerprint density at radius 2 is 2.29 bits per heavy atom. The molecule has 1 heterocycles. The molecule has 0 aliphatic carbocycles. The fraction of sp³-hybridized carbons (Fsp3) is 0.500. The quantitative estimate of drug-likeness (QED) is 0.600. The van der Waals surface area contributed by atoms with E-state index in [0.717, 1.165) is 13.0 Å². The highest BCUT2D eigenvalue weighted by Crippen LogP contribution is 2.09. The number of pyridine rings is 1. The van der Waals surface area contributed by atoms with Gasteiger partial charge in [0, 0.05) is 19.8 Å². The zero-order valence-electron chi connectivity index (χ0n) is 10.6. The SMILES string of the molecule is CCC(C)CN(C)C(=O)c1ccc(NN)nc1. The number of carbonyl (C=O) groups is 1. The van der Waals surface area contributed by atoms with Crippen molar-refractivity contribution in [2.24, 2.45) is 11.8 Å². The predicted octanol–water partition coefficient (Wildman–Crippen LogP) is 1.49. The van der Waals surface area contributed by atoms with Crippen molar-refractivity contribution in [2.75, 3.05) is 19.0 Å². The van der Waals surface area contributed by atoms with Crippen LogP contribution in [0.3, 0.4) is 0 Å². The smallest absolute Gasteiger partial charge is 0.255 e. The first-order chi connectivity index (χ1) is 8.08. The van der Waals surface area contributed by atoms with Gasteiger partial charge in [-0.3, -0.25) is 4.79 Å². The van der Waals surface area contributed by atoms with Gasteiger partial charge in [-0.25, -0.2) is 10.8 Å². The van der Waals surface area contributed by atoms with Crippen molar-refractivity contribution < 1.29 is 4.79 Å². The van der Waals surface area contributed by atoms with E-state index in [9.17, 15) is 4.79 Å². The number of nitrogens with zero attached hydrogens (tertiary/aromatic N) is 2. The Balaban J connectivity index is 2.67. The molecule has 0 aliphatic heterocycles. The minimum Gasteiger partial charge on any atom is -0.341 e. The molecule has 1 unspecified atom stereocenters. The van der Waals surface area contributed by atoms with Gasteiger partial charge in [-0.2, -0.15) is 0 Å². The molecule has 5 nitrogen and oxygen atoms in total. The number of aromatic nitrogens is 1. The predicted molar refractivity (Wildman–Crippen MR) is 68.5 cm³/mol. The molecule has 1 aromatic rings. The zero-order chi connectivity index (χ0) is 12.8. The molecule has 0 spiro atoms. The minimum atomic E-state index is -0.0126. The highest BCUT2D eigenvalue weighted by atomic mass is 16.2. The van der Waals surface area contributed by atoms with Crippen LogP contribution in [-0.4, -0.2) is 29.4 Å². The summed E-state index contributed by atoms with van der Waals surface area (Å²) in [5.74, 6) is 6.25. The second kappa shape index (κ2) is 6.20. The van der Waals surface area contributed by atoms with Crippen molar-refractivity contribution in [1.82, 2.24) is 9.88 Å². The molecular formula is C12H20N4O. The van der Waals surface area contributed by atoms with Gasteiger partial charge >= 0.3 is 0 Å². The lowest BCUT2D eigenvalue weighted by Gasteiger charge is -2.20. The van der Waals surface area contributed by atoms with E-state index in [0.29, 0.717) is 17.3 Å². The number of amides is 1. The van der Waals surface area contributed by atoms with Gasteiger partial charge in [-0.05, 0) is 18.1 Å². The highest BCUT2D eigenvalue weighted by molar-refractivity contribution is 5.93. The second-order valence-electron chi connectivity index (χ2n) is 4.28. The normalized spacial score (nSPS) is 12.0. The van der Waals surface area contributed by atoms with Crippen LogP contribution in [0, 0.1) is 5.92 Å². The van der Waals surface area contributed by atoms with Crippen molar-refractivity contribution in [3.63, 3.8) is 0 Å². The molecule has 94 valence electrons. The maximum absolute atomic E-state index is 12.0. The van der Waals surface area contributed by atoms with Gasteiger partial charge in [0.05, 0.1) is 5.56 Å². The minimum absolute atomic E-state index is 0.0126. The van der Waals surface area contributed by atoms with Crippen LogP contribution in [-0.2, 0) is 0 Å². The summed E-state index contributed by atoms with van der Waals surface area (Å²) in [7, 11) is 1.81. The number of rotatable bonds is 5. The molecule has 1 aromatic heterocycles. The molecule has 1 amide bonds. The van der Waals surface area contributed by atoms with Crippen LogP contribution in [0.25, 0.3) is 0 Å². The molecule has 0 radical (unpaired) electrons. The third kappa shape index (κ3) is 3.71. The summed E-state index contributed by atoms with van der Waals surface area (Å²) < 4.78 is 0. The number of nitrogen functional groups attached to an aromatic ring is 1. The van der Waals surface area contributed by atoms with E-state index in [1.807, 2.05) is 7.05 Å². The second-order valence-corrected chi connectivity index (χ2v) is 4.28. The topological polar surface area (TPSA) is 71.2 Å². The maximum Gasteiger partial charge on any atom is 0.255 e. The Hall–Kier alpha value is -1.62. The molecule has 17 heavy (non-hydrogen) atoms. The Kier molecular flexibility index (Phi) is 4.90. The zero-order valence-corrected chi connectivity index (χ0v) is 10.6. The highest BCUT2D eigenvalue weighted by Gasteiger charge is 2.13. The number of hydrogen-bond donors (Lipinski definition) is 2. The lowest BCUT2D eigenvalue weighted by molar-refractivity contribution is 0.0774. The van der Waals surface area contributed by atoms with Gasteiger partial charge in [-0.15, -0.1) is 0 Å². The maximum atomic E-state index is 12.0.